The average molecular weight is 525 g/mol. The smallest absolute Gasteiger partial charge is 0.154 e. The van der Waals surface area contributed by atoms with Gasteiger partial charge in [0.2, 0.25) is 0 Å². The van der Waals surface area contributed by atoms with Crippen LogP contribution in [0.5, 0.6) is 0 Å². The van der Waals surface area contributed by atoms with Crippen molar-refractivity contribution in [3.8, 4) is 0 Å². The monoisotopic (exact) mass is 525 g/mol. The predicted molar refractivity (Wildman–Crippen MR) is 166 cm³/mol. The third-order valence-electron chi connectivity index (χ3n) is 8.11. The van der Waals surface area contributed by atoms with Crippen LogP contribution < -0.4 is 0 Å². The summed E-state index contributed by atoms with van der Waals surface area (Å²) in [5.74, 6) is 0. The number of unbranched alkanes of at least 4 members (excludes halogenated alkanes) is 28. The van der Waals surface area contributed by atoms with Gasteiger partial charge in [-0.1, -0.05) is 194 Å². The Labute approximate surface area is 235 Å². The maximum atomic E-state index is 10.0. The van der Waals surface area contributed by atoms with Crippen LogP contribution in [0.25, 0.3) is 0 Å². The maximum Gasteiger partial charge on any atom is 0.154 e. The van der Waals surface area contributed by atoms with Crippen LogP contribution in [0, 0.1) is 0 Å². The first kappa shape index (κ1) is 36.9. The summed E-state index contributed by atoms with van der Waals surface area (Å²) in [7, 11) is 0. The van der Waals surface area contributed by atoms with E-state index in [4.69, 9.17) is 4.74 Å². The van der Waals surface area contributed by atoms with Gasteiger partial charge in [-0.3, -0.25) is 0 Å². The lowest BCUT2D eigenvalue weighted by Crippen LogP contribution is -2.12. The van der Waals surface area contributed by atoms with Gasteiger partial charge in [-0.05, 0) is 19.3 Å². The number of ether oxygens (including phenoxy) is 1. The quantitative estimate of drug-likeness (QED) is 0.0683. The number of aliphatic hydroxyl groups excluding tert-OH is 1. The van der Waals surface area contributed by atoms with Crippen molar-refractivity contribution in [1.82, 2.24) is 0 Å². The molecular formula is C35H72O2. The highest BCUT2D eigenvalue weighted by molar-refractivity contribution is 4.52. The Kier molecular flexibility index (Phi) is 33.9. The zero-order valence-corrected chi connectivity index (χ0v) is 26.1. The zero-order valence-electron chi connectivity index (χ0n) is 26.1. The molecule has 0 aliphatic heterocycles. The van der Waals surface area contributed by atoms with Crippen LogP contribution in [0.2, 0.25) is 0 Å². The molecule has 0 saturated carbocycles. The molecule has 1 N–H and O–H groups in total. The lowest BCUT2D eigenvalue weighted by molar-refractivity contribution is -0.105. The van der Waals surface area contributed by atoms with E-state index >= 15 is 0 Å². The van der Waals surface area contributed by atoms with Crippen molar-refractivity contribution in [1.29, 1.82) is 0 Å². The molecule has 2 heteroatoms. The van der Waals surface area contributed by atoms with Crippen LogP contribution >= 0.6 is 0 Å². The van der Waals surface area contributed by atoms with Gasteiger partial charge < -0.3 is 9.84 Å². The molecule has 0 bridgehead atoms. The van der Waals surface area contributed by atoms with Crippen molar-refractivity contribution in [2.24, 2.45) is 0 Å². The van der Waals surface area contributed by atoms with Crippen molar-refractivity contribution in [3.63, 3.8) is 0 Å². The SMILES string of the molecule is CCCCCCCCCCCCCCCCCCOC(O)CCCCCCCCCCCCCCCC. The second kappa shape index (κ2) is 33.9. The molecule has 0 rings (SSSR count). The Morgan fingerprint density at radius 1 is 0.351 bits per heavy atom. The molecule has 2 nitrogen and oxygen atoms in total. The van der Waals surface area contributed by atoms with E-state index in [0.717, 1.165) is 25.9 Å². The van der Waals surface area contributed by atoms with Crippen LogP contribution in [0.1, 0.15) is 213 Å². The fraction of sp³-hybridized carbons (Fsp3) is 1.00. The number of rotatable bonds is 33. The fourth-order valence-electron chi connectivity index (χ4n) is 5.47. The predicted octanol–water partition coefficient (Wildman–Crippen LogP) is 12.5. The zero-order chi connectivity index (χ0) is 26.9. The fourth-order valence-corrected chi connectivity index (χ4v) is 5.47. The summed E-state index contributed by atoms with van der Waals surface area (Å²) >= 11 is 0. The summed E-state index contributed by atoms with van der Waals surface area (Å²) in [5, 5.41) is 10.0. The van der Waals surface area contributed by atoms with Gasteiger partial charge in [0.1, 0.15) is 0 Å². The highest BCUT2D eigenvalue weighted by Gasteiger charge is 2.04. The number of aliphatic hydroxyl groups is 1. The molecule has 0 aromatic rings. The standard InChI is InChI=1S/C35H72O2/c1-3-5-7-9-11-13-15-17-19-20-22-24-26-28-30-32-34-37-35(36)33-31-29-27-25-23-21-18-16-14-12-10-8-6-4-2/h35-36H,3-34H2,1-2H3. The first-order valence-corrected chi connectivity index (χ1v) is 17.6. The minimum Gasteiger partial charge on any atom is -0.368 e. The van der Waals surface area contributed by atoms with E-state index in [0.29, 0.717) is 0 Å². The molecule has 224 valence electrons. The van der Waals surface area contributed by atoms with Crippen molar-refractivity contribution in [3.05, 3.63) is 0 Å². The van der Waals surface area contributed by atoms with E-state index in [9.17, 15) is 5.11 Å². The summed E-state index contributed by atoms with van der Waals surface area (Å²) in [4.78, 5) is 0. The van der Waals surface area contributed by atoms with Gasteiger partial charge in [0, 0.05) is 6.61 Å². The molecule has 0 aromatic heterocycles. The molecule has 0 fully saturated rings. The highest BCUT2D eigenvalue weighted by atomic mass is 16.6. The molecule has 37 heavy (non-hydrogen) atoms. The Bertz CT molecular complexity index is 383. The van der Waals surface area contributed by atoms with Gasteiger partial charge in [-0.2, -0.15) is 0 Å². The molecule has 1 unspecified atom stereocenters. The van der Waals surface area contributed by atoms with E-state index in [-0.39, 0.29) is 0 Å². The molecule has 0 aliphatic rings. The lowest BCUT2D eigenvalue weighted by atomic mass is 10.0. The molecule has 0 radical (unpaired) electrons. The third kappa shape index (κ3) is 33.9. The molecule has 0 amide bonds. The van der Waals surface area contributed by atoms with E-state index < -0.39 is 6.29 Å². The Morgan fingerprint density at radius 2 is 0.595 bits per heavy atom. The van der Waals surface area contributed by atoms with Gasteiger partial charge in [0.25, 0.3) is 0 Å². The average Bonchev–Trinajstić information content (AvgIpc) is 2.90. The summed E-state index contributed by atoms with van der Waals surface area (Å²) < 4.78 is 5.63. The molecule has 0 saturated heterocycles. The van der Waals surface area contributed by atoms with Gasteiger partial charge in [0.15, 0.2) is 6.29 Å². The van der Waals surface area contributed by atoms with E-state index in [1.807, 2.05) is 0 Å². The summed E-state index contributed by atoms with van der Waals surface area (Å²) in [5.41, 5.74) is 0. The van der Waals surface area contributed by atoms with Crippen molar-refractivity contribution in [2.45, 2.75) is 219 Å². The van der Waals surface area contributed by atoms with E-state index in [1.54, 1.807) is 0 Å². The Morgan fingerprint density at radius 3 is 0.892 bits per heavy atom. The number of hydrogen-bond donors (Lipinski definition) is 1. The molecule has 0 heterocycles. The third-order valence-corrected chi connectivity index (χ3v) is 8.11. The summed E-state index contributed by atoms with van der Waals surface area (Å²) in [6.45, 7) is 5.32. The molecule has 1 atom stereocenters. The first-order chi connectivity index (χ1) is 18.3. The van der Waals surface area contributed by atoms with Crippen LogP contribution in [0.3, 0.4) is 0 Å². The minimum absolute atomic E-state index is 0.534. The summed E-state index contributed by atoms with van der Waals surface area (Å²) in [6, 6.07) is 0. The van der Waals surface area contributed by atoms with Crippen LogP contribution in [-0.2, 0) is 4.74 Å². The lowest BCUT2D eigenvalue weighted by Gasteiger charge is -2.12. The van der Waals surface area contributed by atoms with Crippen molar-refractivity contribution < 1.29 is 9.84 Å². The van der Waals surface area contributed by atoms with Crippen LogP contribution in [-0.4, -0.2) is 18.0 Å². The largest absolute Gasteiger partial charge is 0.368 e. The second-order valence-electron chi connectivity index (χ2n) is 12.0. The molecular weight excluding hydrogens is 452 g/mol. The molecule has 0 aliphatic carbocycles. The van der Waals surface area contributed by atoms with Crippen LogP contribution in [0.15, 0.2) is 0 Å². The highest BCUT2D eigenvalue weighted by Crippen LogP contribution is 2.15. The normalized spacial score (nSPS) is 12.4. The maximum absolute atomic E-state index is 10.0. The Balaban J connectivity index is 3.13. The Hall–Kier alpha value is -0.0800. The molecule has 0 aromatic carbocycles. The van der Waals surface area contributed by atoms with E-state index in [2.05, 4.69) is 13.8 Å². The number of hydrogen-bond acceptors (Lipinski definition) is 2. The second-order valence-corrected chi connectivity index (χ2v) is 12.0. The minimum atomic E-state index is -0.534. The van der Waals surface area contributed by atoms with Crippen LogP contribution in [0.4, 0.5) is 0 Å². The van der Waals surface area contributed by atoms with Crippen molar-refractivity contribution >= 4 is 0 Å². The van der Waals surface area contributed by atoms with Crippen molar-refractivity contribution in [2.75, 3.05) is 6.61 Å². The topological polar surface area (TPSA) is 29.5 Å². The van der Waals surface area contributed by atoms with Gasteiger partial charge in [-0.25, -0.2) is 0 Å². The molecule has 0 spiro atoms. The van der Waals surface area contributed by atoms with E-state index in [1.165, 1.54) is 180 Å². The van der Waals surface area contributed by atoms with Gasteiger partial charge in [-0.15, -0.1) is 0 Å². The first-order valence-electron chi connectivity index (χ1n) is 17.6. The summed E-state index contributed by atoms with van der Waals surface area (Å²) in [6.07, 6.45) is 41.8. The van der Waals surface area contributed by atoms with Gasteiger partial charge in [0.05, 0.1) is 0 Å². The van der Waals surface area contributed by atoms with Gasteiger partial charge >= 0.3 is 0 Å².